The van der Waals surface area contributed by atoms with Crippen molar-refractivity contribution in [1.29, 1.82) is 5.41 Å². The highest BCUT2D eigenvalue weighted by Crippen LogP contribution is 2.36. The number of rotatable bonds is 2. The maximum atomic E-state index is 7.28. The van der Waals surface area contributed by atoms with E-state index in [0.717, 1.165) is 46.1 Å². The van der Waals surface area contributed by atoms with Crippen molar-refractivity contribution >= 4 is 23.3 Å². The van der Waals surface area contributed by atoms with Crippen LogP contribution in [0.25, 0.3) is 0 Å². The summed E-state index contributed by atoms with van der Waals surface area (Å²) >= 11 is 6.33. The molecule has 0 saturated heterocycles. The smallest absolute Gasteiger partial charge is 0.206 e. The molecule has 0 saturated carbocycles. The van der Waals surface area contributed by atoms with Crippen molar-refractivity contribution in [3.8, 4) is 0 Å². The van der Waals surface area contributed by atoms with Crippen molar-refractivity contribution in [2.75, 3.05) is 0 Å². The first kappa shape index (κ1) is 14.6. The third-order valence-electron chi connectivity index (χ3n) is 3.86. The molecule has 0 radical (unpaired) electrons. The van der Waals surface area contributed by atoms with E-state index in [2.05, 4.69) is 20.7 Å². The highest BCUT2D eigenvalue weighted by atomic mass is 35.5. The highest BCUT2D eigenvalue weighted by Gasteiger charge is 2.29. The Bertz CT molecular complexity index is 748. The molecule has 0 aliphatic heterocycles. The third kappa shape index (κ3) is 2.69. The van der Waals surface area contributed by atoms with Crippen LogP contribution < -0.4 is 11.2 Å². The number of hydrazone groups is 1. The number of nitrogens with two attached hydrogens (primary N) is 1. The summed E-state index contributed by atoms with van der Waals surface area (Å²) in [6.07, 6.45) is 1.55. The Kier molecular flexibility index (Phi) is 3.85. The number of aromatic nitrogens is 2. The van der Waals surface area contributed by atoms with Crippen molar-refractivity contribution in [1.82, 2.24) is 15.6 Å². The number of hydrogen-bond acceptors (Lipinski definition) is 3. The predicted octanol–water partition coefficient (Wildman–Crippen LogP) is 2.29. The number of aryl methyl sites for hydroxylation is 1. The number of benzene rings is 1. The normalized spacial score (nSPS) is 19.0. The number of hydrogen-bond donors (Lipinski definition) is 4. The molecular weight excluding hydrogens is 300 g/mol. The number of halogens is 1. The van der Waals surface area contributed by atoms with E-state index in [1.54, 1.807) is 0 Å². The molecule has 1 aliphatic carbocycles. The van der Waals surface area contributed by atoms with Gasteiger partial charge in [-0.1, -0.05) is 29.8 Å². The Labute approximate surface area is 133 Å². The minimum absolute atomic E-state index is 0.185. The van der Waals surface area contributed by atoms with Crippen LogP contribution in [0.1, 0.15) is 34.9 Å². The average molecular weight is 317 g/mol. The average Bonchev–Trinajstić information content (AvgIpc) is 2.87. The van der Waals surface area contributed by atoms with E-state index < -0.39 is 0 Å². The molecule has 0 bridgehead atoms. The highest BCUT2D eigenvalue weighted by molar-refractivity contribution is 6.31. The Morgan fingerprint density at radius 1 is 1.45 bits per heavy atom. The second kappa shape index (κ2) is 5.81. The van der Waals surface area contributed by atoms with Gasteiger partial charge in [-0.25, -0.2) is 5.43 Å². The fourth-order valence-corrected chi connectivity index (χ4v) is 3.21. The van der Waals surface area contributed by atoms with Crippen LogP contribution in [0.4, 0.5) is 0 Å². The van der Waals surface area contributed by atoms with Gasteiger partial charge in [0.25, 0.3) is 0 Å². The zero-order valence-electron chi connectivity index (χ0n) is 12.2. The van der Waals surface area contributed by atoms with Crippen molar-refractivity contribution in [3.05, 3.63) is 51.8 Å². The molecule has 0 fully saturated rings. The molecule has 114 valence electrons. The lowest BCUT2D eigenvalue weighted by molar-refractivity contribution is 0.677. The van der Waals surface area contributed by atoms with Gasteiger partial charge in [-0.05, 0) is 37.3 Å². The minimum Gasteiger partial charge on any atom is -0.369 e. The number of nitrogens with one attached hydrogen (secondary N) is 3. The lowest BCUT2D eigenvalue weighted by Crippen LogP contribution is -2.29. The molecule has 1 unspecified atom stereocenters. The first-order valence-corrected chi connectivity index (χ1v) is 7.39. The molecule has 0 spiro atoms. The first-order valence-electron chi connectivity index (χ1n) is 7.01. The quantitative estimate of drug-likeness (QED) is 0.388. The standard InChI is InChI=1S/C15H17ClN6/c1-8-14-12(20-19-8)6-9(7-13(14)21-22-15(17)18)10-4-2-3-5-11(10)16/h2-5,9H,6-7H2,1H3,(H,19,20)(H4,17,18,22). The zero-order valence-corrected chi connectivity index (χ0v) is 12.9. The van der Waals surface area contributed by atoms with E-state index in [0.29, 0.717) is 0 Å². The van der Waals surface area contributed by atoms with Crippen molar-refractivity contribution in [3.63, 3.8) is 0 Å². The van der Waals surface area contributed by atoms with Gasteiger partial charge in [-0.3, -0.25) is 10.5 Å². The third-order valence-corrected chi connectivity index (χ3v) is 4.20. The van der Waals surface area contributed by atoms with Gasteiger partial charge in [-0.15, -0.1) is 0 Å². The molecule has 5 N–H and O–H groups in total. The van der Waals surface area contributed by atoms with E-state index in [-0.39, 0.29) is 11.9 Å². The maximum Gasteiger partial charge on any atom is 0.206 e. The molecule has 1 aromatic heterocycles. The predicted molar refractivity (Wildman–Crippen MR) is 87.4 cm³/mol. The Balaban J connectivity index is 2.00. The van der Waals surface area contributed by atoms with Crippen LogP contribution in [-0.2, 0) is 6.42 Å². The lowest BCUT2D eigenvalue weighted by Gasteiger charge is -2.24. The second-order valence-electron chi connectivity index (χ2n) is 5.37. The zero-order chi connectivity index (χ0) is 15.7. The van der Waals surface area contributed by atoms with Gasteiger partial charge < -0.3 is 5.73 Å². The van der Waals surface area contributed by atoms with Gasteiger partial charge >= 0.3 is 0 Å². The van der Waals surface area contributed by atoms with Crippen LogP contribution >= 0.6 is 11.6 Å². The van der Waals surface area contributed by atoms with Gasteiger partial charge in [0.15, 0.2) is 0 Å². The van der Waals surface area contributed by atoms with E-state index in [1.807, 2.05) is 31.2 Å². The summed E-state index contributed by atoms with van der Waals surface area (Å²) in [6, 6.07) is 7.85. The van der Waals surface area contributed by atoms with Crippen LogP contribution in [0, 0.1) is 12.3 Å². The fraction of sp³-hybridized carbons (Fsp3) is 0.267. The van der Waals surface area contributed by atoms with Gasteiger partial charge in [0.05, 0.1) is 11.4 Å². The summed E-state index contributed by atoms with van der Waals surface area (Å²) in [4.78, 5) is 0. The van der Waals surface area contributed by atoms with Crippen molar-refractivity contribution < 1.29 is 0 Å². The number of aromatic amines is 1. The van der Waals surface area contributed by atoms with E-state index in [4.69, 9.17) is 22.7 Å². The molecule has 1 aromatic carbocycles. The topological polar surface area (TPSA) is 103 Å². The largest absolute Gasteiger partial charge is 0.369 e. The number of H-pyrrole nitrogens is 1. The number of fused-ring (bicyclic) bond motifs is 1. The van der Waals surface area contributed by atoms with Gasteiger partial charge in [0, 0.05) is 16.3 Å². The molecule has 6 nitrogen and oxygen atoms in total. The Morgan fingerprint density at radius 3 is 2.95 bits per heavy atom. The maximum absolute atomic E-state index is 7.28. The van der Waals surface area contributed by atoms with Gasteiger partial charge in [0.1, 0.15) is 0 Å². The van der Waals surface area contributed by atoms with Gasteiger partial charge in [-0.2, -0.15) is 10.2 Å². The molecule has 22 heavy (non-hydrogen) atoms. The molecular formula is C15H17ClN6. The fourth-order valence-electron chi connectivity index (χ4n) is 2.92. The summed E-state index contributed by atoms with van der Waals surface area (Å²) < 4.78 is 0. The monoisotopic (exact) mass is 316 g/mol. The second-order valence-corrected chi connectivity index (χ2v) is 5.78. The summed E-state index contributed by atoms with van der Waals surface area (Å²) in [6.45, 7) is 1.94. The van der Waals surface area contributed by atoms with E-state index in [9.17, 15) is 0 Å². The van der Waals surface area contributed by atoms with Crippen LogP contribution in [0.2, 0.25) is 5.02 Å². The van der Waals surface area contributed by atoms with Crippen molar-refractivity contribution in [2.45, 2.75) is 25.7 Å². The lowest BCUT2D eigenvalue weighted by atomic mass is 9.81. The Morgan fingerprint density at radius 2 is 2.23 bits per heavy atom. The van der Waals surface area contributed by atoms with Crippen LogP contribution in [-0.4, -0.2) is 21.9 Å². The molecule has 7 heteroatoms. The SMILES string of the molecule is Cc1n[nH]c2c1C(=NNC(=N)N)CC(c1ccccc1Cl)C2. The number of nitrogens with zero attached hydrogens (tertiary/aromatic N) is 2. The van der Waals surface area contributed by atoms with Crippen molar-refractivity contribution in [2.24, 2.45) is 10.8 Å². The molecule has 1 aliphatic rings. The van der Waals surface area contributed by atoms with E-state index >= 15 is 0 Å². The van der Waals surface area contributed by atoms with Crippen LogP contribution in [0.5, 0.6) is 0 Å². The molecule has 3 rings (SSSR count). The molecule has 2 aromatic rings. The summed E-state index contributed by atoms with van der Waals surface area (Å²) in [7, 11) is 0. The minimum atomic E-state index is -0.185. The summed E-state index contributed by atoms with van der Waals surface area (Å²) in [5.41, 5.74) is 12.8. The molecule has 0 amide bonds. The first-order chi connectivity index (χ1) is 10.6. The van der Waals surface area contributed by atoms with E-state index in [1.165, 1.54) is 0 Å². The van der Waals surface area contributed by atoms with Crippen LogP contribution in [0.3, 0.4) is 0 Å². The van der Waals surface area contributed by atoms with Gasteiger partial charge in [0.2, 0.25) is 5.96 Å². The Hall–Kier alpha value is -2.34. The number of guanidine groups is 1. The summed E-state index contributed by atoms with van der Waals surface area (Å²) in [5.74, 6) is 0.0311. The molecule has 1 heterocycles. The molecule has 1 atom stereocenters. The summed E-state index contributed by atoms with van der Waals surface area (Å²) in [5, 5.41) is 19.7. The van der Waals surface area contributed by atoms with Crippen LogP contribution in [0.15, 0.2) is 29.4 Å².